The highest BCUT2D eigenvalue weighted by molar-refractivity contribution is 7.80. The lowest BCUT2D eigenvalue weighted by Gasteiger charge is -2.25. The van der Waals surface area contributed by atoms with Crippen LogP contribution in [0, 0.1) is 0 Å². The van der Waals surface area contributed by atoms with Crippen LogP contribution in [-0.4, -0.2) is 90.1 Å². The van der Waals surface area contributed by atoms with Gasteiger partial charge >= 0.3 is 6.09 Å². The molecule has 0 heterocycles. The van der Waals surface area contributed by atoms with Gasteiger partial charge in [-0.2, -0.15) is 12.6 Å². The number of hydrogen-bond acceptors (Lipinski definition) is 8. The zero-order valence-corrected chi connectivity index (χ0v) is 22.1. The number of hydrogen-bond donors (Lipinski definition) is 2. The first-order valence-electron chi connectivity index (χ1n) is 12.6. The first-order chi connectivity index (χ1) is 16.1. The Labute approximate surface area is 208 Å². The zero-order chi connectivity index (χ0) is 24.4. The molecule has 1 amide bonds. The van der Waals surface area contributed by atoms with E-state index in [0.717, 1.165) is 45.1 Å². The number of nitrogens with one attached hydrogen (secondary N) is 1. The third-order valence-corrected chi connectivity index (χ3v) is 5.08. The maximum atomic E-state index is 11.7. The van der Waals surface area contributed by atoms with E-state index < -0.39 is 0 Å². The van der Waals surface area contributed by atoms with E-state index in [-0.39, 0.29) is 13.6 Å². The molecule has 0 unspecified atom stereocenters. The first-order valence-corrected chi connectivity index (χ1v) is 13.2. The summed E-state index contributed by atoms with van der Waals surface area (Å²) >= 11 is 4.44. The van der Waals surface area contributed by atoms with Gasteiger partial charge in [-0.15, -0.1) is 0 Å². The van der Waals surface area contributed by atoms with Gasteiger partial charge in [-0.05, 0) is 32.1 Å². The predicted molar refractivity (Wildman–Crippen MR) is 137 cm³/mol. The quantitative estimate of drug-likeness (QED) is 0.201. The molecular formula is C24H51NO7S. The maximum absolute atomic E-state index is 11.7. The lowest BCUT2D eigenvalue weighted by molar-refractivity contribution is -0.0110. The van der Waals surface area contributed by atoms with Crippen molar-refractivity contribution >= 4 is 18.7 Å². The molecule has 1 saturated carbocycles. The second kappa shape index (κ2) is 26.0. The average molecular weight is 498 g/mol. The second-order valence-electron chi connectivity index (χ2n) is 7.89. The van der Waals surface area contributed by atoms with Gasteiger partial charge in [0.1, 0.15) is 6.10 Å². The molecule has 200 valence electrons. The van der Waals surface area contributed by atoms with Crippen molar-refractivity contribution in [2.75, 3.05) is 72.6 Å². The highest BCUT2D eigenvalue weighted by Crippen LogP contribution is 2.24. The van der Waals surface area contributed by atoms with Gasteiger partial charge < -0.3 is 33.7 Å². The molecule has 1 rings (SSSR count). The first kappa shape index (κ1) is 32.4. The smallest absolute Gasteiger partial charge is 0.407 e. The van der Waals surface area contributed by atoms with Gasteiger partial charge in [0.25, 0.3) is 0 Å². The Morgan fingerprint density at radius 3 is 1.64 bits per heavy atom. The van der Waals surface area contributed by atoms with Crippen molar-refractivity contribution in [2.45, 2.75) is 77.1 Å². The summed E-state index contributed by atoms with van der Waals surface area (Å²) in [7, 11) is 0. The van der Waals surface area contributed by atoms with E-state index in [9.17, 15) is 4.79 Å². The summed E-state index contributed by atoms with van der Waals surface area (Å²) in [5.74, 6) is 0. The fraction of sp³-hybridized carbons (Fsp3) is 0.958. The molecule has 0 aromatic heterocycles. The molecule has 1 aliphatic carbocycles. The van der Waals surface area contributed by atoms with Gasteiger partial charge in [0.2, 0.25) is 0 Å². The molecule has 0 bridgehead atoms. The van der Waals surface area contributed by atoms with Gasteiger partial charge in [0.05, 0.1) is 59.5 Å². The third kappa shape index (κ3) is 24.3. The van der Waals surface area contributed by atoms with E-state index in [4.69, 9.17) is 28.4 Å². The number of rotatable bonds is 19. The van der Waals surface area contributed by atoms with Crippen LogP contribution >= 0.6 is 12.6 Å². The lowest BCUT2D eigenvalue weighted by atomic mass is 9.97. The summed E-state index contributed by atoms with van der Waals surface area (Å²) in [5.41, 5.74) is 0. The van der Waals surface area contributed by atoms with E-state index in [1.165, 1.54) is 6.42 Å². The number of carbonyl (C=O) groups excluding carboxylic acids is 1. The van der Waals surface area contributed by atoms with Crippen LogP contribution in [-0.2, 0) is 28.4 Å². The monoisotopic (exact) mass is 497 g/mol. The van der Waals surface area contributed by atoms with Gasteiger partial charge in [0.15, 0.2) is 0 Å². The van der Waals surface area contributed by atoms with Crippen LogP contribution in [0.2, 0.25) is 0 Å². The number of amides is 1. The summed E-state index contributed by atoms with van der Waals surface area (Å²) in [6, 6.07) is 0. The number of unbranched alkanes of at least 4 members (excludes halogenated alkanes) is 1. The average Bonchev–Trinajstić information content (AvgIpc) is 2.80. The highest BCUT2D eigenvalue weighted by atomic mass is 32.1. The minimum Gasteiger partial charge on any atom is -0.446 e. The van der Waals surface area contributed by atoms with Gasteiger partial charge in [-0.25, -0.2) is 4.79 Å². The number of ether oxygens (including phenoxy) is 6. The molecule has 0 aliphatic heterocycles. The van der Waals surface area contributed by atoms with Crippen molar-refractivity contribution in [3.8, 4) is 0 Å². The van der Waals surface area contributed by atoms with Crippen LogP contribution in [0.3, 0.4) is 0 Å². The van der Waals surface area contributed by atoms with E-state index >= 15 is 0 Å². The molecule has 0 radical (unpaired) electrons. The van der Waals surface area contributed by atoms with Crippen molar-refractivity contribution in [1.82, 2.24) is 5.32 Å². The summed E-state index contributed by atoms with van der Waals surface area (Å²) < 4.78 is 32.4. The third-order valence-electron chi connectivity index (χ3n) is 4.56. The van der Waals surface area contributed by atoms with Gasteiger partial charge in [-0.1, -0.05) is 33.6 Å². The van der Waals surface area contributed by atoms with Crippen LogP contribution in [0.1, 0.15) is 67.1 Å². The molecule has 1 N–H and O–H groups in total. The van der Waals surface area contributed by atoms with Crippen molar-refractivity contribution in [3.05, 3.63) is 0 Å². The Balaban J connectivity index is 0. The largest absolute Gasteiger partial charge is 0.446 e. The SMILES string of the molecule is CCC.CCCCOCCOCCOCCOCCOCCNC(=O)OC1CCC(S)CC1.[HH]. The van der Waals surface area contributed by atoms with Crippen molar-refractivity contribution in [1.29, 1.82) is 0 Å². The molecule has 0 spiro atoms. The normalized spacial score (nSPS) is 17.8. The molecule has 0 atom stereocenters. The van der Waals surface area contributed by atoms with Crippen LogP contribution < -0.4 is 5.32 Å². The Hall–Kier alpha value is -0.580. The van der Waals surface area contributed by atoms with Crippen LogP contribution in [0.25, 0.3) is 0 Å². The lowest BCUT2D eigenvalue weighted by Crippen LogP contribution is -2.33. The second-order valence-corrected chi connectivity index (χ2v) is 8.62. The number of thiol groups is 1. The summed E-state index contributed by atoms with van der Waals surface area (Å²) in [6.45, 7) is 12.4. The molecular weight excluding hydrogens is 446 g/mol. The molecule has 1 fully saturated rings. The van der Waals surface area contributed by atoms with Crippen LogP contribution in [0.15, 0.2) is 0 Å². The van der Waals surface area contributed by atoms with E-state index in [1.54, 1.807) is 0 Å². The zero-order valence-electron chi connectivity index (χ0n) is 21.2. The van der Waals surface area contributed by atoms with E-state index in [1.807, 2.05) is 0 Å². The summed E-state index contributed by atoms with van der Waals surface area (Å²) in [4.78, 5) is 11.7. The van der Waals surface area contributed by atoms with Crippen molar-refractivity contribution in [2.24, 2.45) is 0 Å². The molecule has 0 saturated heterocycles. The van der Waals surface area contributed by atoms with Crippen molar-refractivity contribution < 1.29 is 34.6 Å². The highest BCUT2D eigenvalue weighted by Gasteiger charge is 2.21. The molecule has 0 aromatic rings. The van der Waals surface area contributed by atoms with Gasteiger partial charge in [0, 0.05) is 19.8 Å². The molecule has 8 nitrogen and oxygen atoms in total. The number of carbonyl (C=O) groups is 1. The van der Waals surface area contributed by atoms with Crippen LogP contribution in [0.5, 0.6) is 0 Å². The predicted octanol–water partition coefficient (Wildman–Crippen LogP) is 4.50. The standard InChI is InChI=1S/C21H41NO7S.C3H8.H2/c1-2-3-9-24-11-13-26-15-17-28-18-16-27-14-12-25-10-8-22-21(23)29-19-4-6-20(30)7-5-19;1-3-2;/h19-20,30H,2-18H2,1H3,(H,22,23);3H2,1-2H3;1H. The molecule has 1 aliphatic rings. The van der Waals surface area contributed by atoms with Gasteiger partial charge in [-0.3, -0.25) is 0 Å². The minimum absolute atomic E-state index is 0. The van der Waals surface area contributed by atoms with Crippen molar-refractivity contribution in [3.63, 3.8) is 0 Å². The Kier molecular flexibility index (Phi) is 25.6. The number of alkyl carbamates (subject to hydrolysis) is 1. The van der Waals surface area contributed by atoms with E-state index in [0.29, 0.717) is 71.3 Å². The Morgan fingerprint density at radius 2 is 1.18 bits per heavy atom. The molecule has 9 heteroatoms. The van der Waals surface area contributed by atoms with E-state index in [2.05, 4.69) is 38.7 Å². The Morgan fingerprint density at radius 1 is 0.758 bits per heavy atom. The van der Waals surface area contributed by atoms with Crippen LogP contribution in [0.4, 0.5) is 4.79 Å². The fourth-order valence-corrected chi connectivity index (χ4v) is 3.11. The fourth-order valence-electron chi connectivity index (χ4n) is 2.81. The maximum Gasteiger partial charge on any atom is 0.407 e. The summed E-state index contributed by atoms with van der Waals surface area (Å²) in [5, 5.41) is 3.15. The molecule has 0 aromatic carbocycles. The topological polar surface area (TPSA) is 84.5 Å². The minimum atomic E-state index is -0.373. The Bertz CT molecular complexity index is 417. The molecule has 33 heavy (non-hydrogen) atoms. The summed E-state index contributed by atoms with van der Waals surface area (Å²) in [6.07, 6.45) is 6.91.